The van der Waals surface area contributed by atoms with E-state index in [1.54, 1.807) is 19.9 Å². The van der Waals surface area contributed by atoms with E-state index in [4.69, 9.17) is 5.48 Å². The van der Waals surface area contributed by atoms with E-state index in [0.29, 0.717) is 11.1 Å². The van der Waals surface area contributed by atoms with E-state index in [2.05, 4.69) is 96.0 Å². The third-order valence-corrected chi connectivity index (χ3v) is 7.71. The van der Waals surface area contributed by atoms with Gasteiger partial charge in [-0.05, 0) is 65.5 Å². The van der Waals surface area contributed by atoms with E-state index >= 15 is 0 Å². The molecule has 4 aromatic carbocycles. The number of rotatable bonds is 3. The zero-order valence-corrected chi connectivity index (χ0v) is 22.2. The average molecular weight is 498 g/mol. The molecule has 0 amide bonds. The summed E-state index contributed by atoms with van der Waals surface area (Å²) < 4.78 is 40.1. The second kappa shape index (κ2) is 8.43. The lowest BCUT2D eigenvalue weighted by atomic mass is 9.90. The van der Waals surface area contributed by atoms with Gasteiger partial charge in [0.25, 0.3) is 0 Å². The molecule has 0 saturated heterocycles. The van der Waals surface area contributed by atoms with Gasteiger partial charge in [-0.3, -0.25) is 0 Å². The monoisotopic (exact) mass is 497 g/mol. The molecule has 0 aliphatic heterocycles. The molecular formula is C36H33N2+. The first-order valence-corrected chi connectivity index (χ1v) is 13.2. The van der Waals surface area contributed by atoms with Crippen LogP contribution in [0.2, 0.25) is 0 Å². The van der Waals surface area contributed by atoms with Crippen LogP contribution in [-0.2, 0) is 19.8 Å². The van der Waals surface area contributed by atoms with E-state index in [1.165, 1.54) is 11.1 Å². The molecule has 1 aliphatic carbocycles. The van der Waals surface area contributed by atoms with Crippen molar-refractivity contribution < 1.29 is 10.1 Å². The van der Waals surface area contributed by atoms with Crippen molar-refractivity contribution in [2.75, 3.05) is 0 Å². The van der Waals surface area contributed by atoms with Gasteiger partial charge in [-0.25, -0.2) is 4.57 Å². The van der Waals surface area contributed by atoms with Gasteiger partial charge in [0.1, 0.15) is 7.05 Å². The molecule has 0 radical (unpaired) electrons. The van der Waals surface area contributed by atoms with Gasteiger partial charge in [-0.15, -0.1) is 0 Å². The number of hydrogen-bond acceptors (Lipinski definition) is 0. The highest BCUT2D eigenvalue weighted by atomic mass is 15.0. The summed E-state index contributed by atoms with van der Waals surface area (Å²) >= 11 is 0. The molecule has 2 heterocycles. The molecule has 38 heavy (non-hydrogen) atoms. The molecule has 2 nitrogen and oxygen atoms in total. The fraction of sp³-hybridized carbons (Fsp3) is 0.194. The molecule has 0 bridgehead atoms. The Balaban J connectivity index is 1.62. The van der Waals surface area contributed by atoms with Crippen molar-refractivity contribution in [2.45, 2.75) is 33.5 Å². The van der Waals surface area contributed by atoms with E-state index < -0.39 is 18.2 Å². The Kier molecular flexibility index (Phi) is 4.21. The van der Waals surface area contributed by atoms with Gasteiger partial charge < -0.3 is 4.57 Å². The van der Waals surface area contributed by atoms with Crippen molar-refractivity contribution >= 4 is 21.8 Å². The molecule has 1 aliphatic rings. The summed E-state index contributed by atoms with van der Waals surface area (Å²) in [4.78, 5) is 0. The first-order chi connectivity index (χ1) is 20.0. The minimum absolute atomic E-state index is 0.433. The highest BCUT2D eigenvalue weighted by Crippen LogP contribution is 2.44. The molecule has 7 rings (SSSR count). The van der Waals surface area contributed by atoms with Gasteiger partial charge in [-0.2, -0.15) is 0 Å². The van der Waals surface area contributed by atoms with Gasteiger partial charge in [-0.1, -0.05) is 80.6 Å². The van der Waals surface area contributed by atoms with Gasteiger partial charge in [0.05, 0.1) is 16.6 Å². The van der Waals surface area contributed by atoms with Crippen LogP contribution in [0.25, 0.3) is 49.9 Å². The van der Waals surface area contributed by atoms with Gasteiger partial charge in [0, 0.05) is 39.6 Å². The van der Waals surface area contributed by atoms with Crippen LogP contribution in [0, 0.1) is 12.3 Å². The number of hydrogen-bond donors (Lipinski definition) is 0. The van der Waals surface area contributed by atoms with E-state index in [-0.39, 0.29) is 0 Å². The summed E-state index contributed by atoms with van der Waals surface area (Å²) in [5.41, 5.74) is 8.21. The summed E-state index contributed by atoms with van der Waals surface area (Å²) in [7, 11) is 2.08. The van der Waals surface area contributed by atoms with Gasteiger partial charge in [0.2, 0.25) is 5.69 Å². The number of pyridine rings is 1. The maximum atomic E-state index is 9.00. The number of aromatic nitrogens is 2. The van der Waals surface area contributed by atoms with Crippen LogP contribution in [0.4, 0.5) is 0 Å². The molecule has 0 spiro atoms. The first-order valence-electron chi connectivity index (χ1n) is 15.2. The zero-order valence-electron chi connectivity index (χ0n) is 26.2. The summed E-state index contributed by atoms with van der Waals surface area (Å²) in [6, 6.07) is 33.1. The minimum Gasteiger partial charge on any atom is -0.308 e. The number of para-hydroxylation sites is 2. The predicted molar refractivity (Wildman–Crippen MR) is 159 cm³/mol. The van der Waals surface area contributed by atoms with Crippen molar-refractivity contribution in [3.05, 3.63) is 120 Å². The molecule has 6 aromatic rings. The quantitative estimate of drug-likeness (QED) is 0.217. The maximum Gasteiger partial charge on any atom is 0.214 e. The third-order valence-electron chi connectivity index (χ3n) is 7.71. The second-order valence-electron chi connectivity index (χ2n) is 10.9. The molecule has 0 unspecified atom stereocenters. The molecule has 0 saturated carbocycles. The van der Waals surface area contributed by atoms with Crippen LogP contribution in [0.15, 0.2) is 103 Å². The summed E-state index contributed by atoms with van der Waals surface area (Å²) in [5, 5.41) is 2.26. The van der Waals surface area contributed by atoms with Gasteiger partial charge >= 0.3 is 0 Å². The fourth-order valence-corrected chi connectivity index (χ4v) is 6.06. The van der Waals surface area contributed by atoms with Crippen molar-refractivity contribution in [1.29, 1.82) is 0 Å². The molecule has 186 valence electrons. The molecular weight excluding hydrogens is 460 g/mol. The fourth-order valence-electron chi connectivity index (χ4n) is 6.06. The third kappa shape index (κ3) is 3.51. The highest BCUT2D eigenvalue weighted by molar-refractivity contribution is 6.17. The number of fused-ring (bicyclic) bond motifs is 4. The summed E-state index contributed by atoms with van der Waals surface area (Å²) in [5.74, 6) is 0. The van der Waals surface area contributed by atoms with E-state index in [9.17, 15) is 0 Å². The van der Waals surface area contributed by atoms with Crippen LogP contribution >= 0.6 is 0 Å². The number of nitrogens with zero attached hydrogens (tertiary/aromatic N) is 2. The van der Waals surface area contributed by atoms with Crippen LogP contribution in [0.5, 0.6) is 0 Å². The van der Waals surface area contributed by atoms with Crippen LogP contribution < -0.4 is 4.57 Å². The Morgan fingerprint density at radius 3 is 2.34 bits per heavy atom. The summed E-state index contributed by atoms with van der Waals surface area (Å²) in [6.07, 6.45) is -1.53. The predicted octanol–water partition coefficient (Wildman–Crippen LogP) is 8.38. The molecule has 0 fully saturated rings. The Labute approximate surface area is 230 Å². The van der Waals surface area contributed by atoms with Crippen LogP contribution in [0.3, 0.4) is 0 Å². The first kappa shape index (κ1) is 19.0. The standard InChI is InChI=1S/C36H33N2/c1-24-16-19-31-30-14-10-13-29(25-17-18-26-22-36(2,3)23-27(26)21-25)34(30)38(28-11-6-5-7-12-28)35(31)33(24)32-15-8-9-20-37(32)4/h5-21H,22-23H2,1-4H3/q+1/i22D2,23D2. The van der Waals surface area contributed by atoms with Crippen molar-refractivity contribution in [1.82, 2.24) is 4.57 Å². The van der Waals surface area contributed by atoms with Gasteiger partial charge in [0.15, 0.2) is 6.20 Å². The zero-order chi connectivity index (χ0) is 29.6. The Morgan fingerprint density at radius 2 is 1.53 bits per heavy atom. The van der Waals surface area contributed by atoms with E-state index in [1.807, 2.05) is 24.3 Å². The Bertz CT molecular complexity index is 2040. The second-order valence-corrected chi connectivity index (χ2v) is 10.9. The molecule has 2 aromatic heterocycles. The minimum atomic E-state index is -1.83. The smallest absolute Gasteiger partial charge is 0.214 e. The Morgan fingerprint density at radius 1 is 0.763 bits per heavy atom. The van der Waals surface area contributed by atoms with Crippen LogP contribution in [-0.4, -0.2) is 4.57 Å². The highest BCUT2D eigenvalue weighted by Gasteiger charge is 2.29. The lowest BCUT2D eigenvalue weighted by Crippen LogP contribution is -2.30. The molecule has 0 atom stereocenters. The summed E-state index contributed by atoms with van der Waals surface area (Å²) in [6.45, 7) is 5.54. The largest absolute Gasteiger partial charge is 0.308 e. The Hall–Kier alpha value is -4.17. The SMILES string of the molecule is [2H]C1([2H])c2ccc(-c3cccc4c5ccc(C)c(-c6cccc[n+]6C)c5n(-c5ccccc5)c34)cc2C([2H])([2H])C1(C)C. The lowest BCUT2D eigenvalue weighted by Gasteiger charge is -2.15. The maximum absolute atomic E-state index is 9.00. The topological polar surface area (TPSA) is 8.81 Å². The van der Waals surface area contributed by atoms with Crippen molar-refractivity contribution in [3.8, 4) is 28.1 Å². The van der Waals surface area contributed by atoms with E-state index in [0.717, 1.165) is 44.3 Å². The number of aryl methyl sites for hydroxylation is 2. The van der Waals surface area contributed by atoms with Crippen molar-refractivity contribution in [2.24, 2.45) is 12.5 Å². The van der Waals surface area contributed by atoms with Crippen LogP contribution in [0.1, 0.15) is 36.0 Å². The number of benzene rings is 4. The van der Waals surface area contributed by atoms with Crippen molar-refractivity contribution in [3.63, 3.8) is 0 Å². The molecule has 0 N–H and O–H groups in total. The molecule has 2 heteroatoms. The average Bonchev–Trinajstić information content (AvgIpc) is 3.36. The normalized spacial score (nSPS) is 18.5. The lowest BCUT2D eigenvalue weighted by molar-refractivity contribution is -0.660.